The SMILES string of the molecule is CCc1nn(CCO)c(CC)c1Oc1cc(C(N)=O)cc(-n2ncccc2=O)c1. The molecule has 0 spiro atoms. The van der Waals surface area contributed by atoms with Crippen LogP contribution in [0.3, 0.4) is 0 Å². The van der Waals surface area contributed by atoms with Crippen molar-refractivity contribution in [2.75, 3.05) is 6.61 Å². The third kappa shape index (κ3) is 4.19. The Hall–Kier alpha value is -3.46. The minimum absolute atomic E-state index is 0.0405. The molecule has 0 aliphatic rings. The van der Waals surface area contributed by atoms with Gasteiger partial charge in [0, 0.05) is 23.9 Å². The Balaban J connectivity index is 2.12. The van der Waals surface area contributed by atoms with E-state index in [1.807, 2.05) is 13.8 Å². The third-order valence-corrected chi connectivity index (χ3v) is 4.41. The maximum absolute atomic E-state index is 12.2. The van der Waals surface area contributed by atoms with E-state index in [1.54, 1.807) is 10.7 Å². The van der Waals surface area contributed by atoms with E-state index in [2.05, 4.69) is 10.2 Å². The van der Waals surface area contributed by atoms with E-state index in [9.17, 15) is 14.7 Å². The molecule has 0 fully saturated rings. The quantitative estimate of drug-likeness (QED) is 0.592. The fourth-order valence-electron chi connectivity index (χ4n) is 3.08. The number of carbonyl (C=O) groups excluding carboxylic acids is 1. The monoisotopic (exact) mass is 397 g/mol. The van der Waals surface area contributed by atoms with Crippen LogP contribution in [0.4, 0.5) is 0 Å². The molecule has 0 saturated heterocycles. The second kappa shape index (κ2) is 8.70. The number of carbonyl (C=O) groups is 1. The van der Waals surface area contributed by atoms with Crippen molar-refractivity contribution in [2.24, 2.45) is 5.73 Å². The van der Waals surface area contributed by atoms with Crippen molar-refractivity contribution in [3.8, 4) is 17.2 Å². The predicted octanol–water partition coefficient (Wildman–Crippen LogP) is 1.44. The Labute approximate surface area is 167 Å². The van der Waals surface area contributed by atoms with Crippen LogP contribution in [0.15, 0.2) is 41.3 Å². The second-order valence-electron chi connectivity index (χ2n) is 6.33. The van der Waals surface area contributed by atoms with E-state index >= 15 is 0 Å². The van der Waals surface area contributed by atoms with E-state index in [1.165, 1.54) is 30.5 Å². The molecule has 0 atom stereocenters. The first-order valence-corrected chi connectivity index (χ1v) is 9.35. The van der Waals surface area contributed by atoms with Gasteiger partial charge in [0.25, 0.3) is 5.56 Å². The van der Waals surface area contributed by atoms with Crippen molar-refractivity contribution in [3.05, 3.63) is 63.8 Å². The Morgan fingerprint density at radius 3 is 2.66 bits per heavy atom. The molecule has 0 aliphatic carbocycles. The van der Waals surface area contributed by atoms with E-state index in [0.717, 1.165) is 16.1 Å². The molecule has 2 heterocycles. The van der Waals surface area contributed by atoms with Gasteiger partial charge in [-0.25, -0.2) is 0 Å². The van der Waals surface area contributed by atoms with Gasteiger partial charge < -0.3 is 15.6 Å². The lowest BCUT2D eigenvalue weighted by molar-refractivity contribution is 0.1000. The van der Waals surface area contributed by atoms with Gasteiger partial charge >= 0.3 is 0 Å². The number of aliphatic hydroxyl groups excluding tert-OH is 1. The molecule has 9 heteroatoms. The highest BCUT2D eigenvalue weighted by molar-refractivity contribution is 5.93. The summed E-state index contributed by atoms with van der Waals surface area (Å²) in [5.41, 5.74) is 7.24. The van der Waals surface area contributed by atoms with Gasteiger partial charge in [-0.3, -0.25) is 14.3 Å². The van der Waals surface area contributed by atoms with Gasteiger partial charge in [0.05, 0.1) is 24.5 Å². The Morgan fingerprint density at radius 2 is 2.03 bits per heavy atom. The van der Waals surface area contributed by atoms with Gasteiger partial charge in [0.2, 0.25) is 5.91 Å². The fourth-order valence-corrected chi connectivity index (χ4v) is 3.08. The van der Waals surface area contributed by atoms with Crippen LogP contribution >= 0.6 is 0 Å². The third-order valence-electron chi connectivity index (χ3n) is 4.41. The summed E-state index contributed by atoms with van der Waals surface area (Å²) in [6, 6.07) is 7.52. The molecule has 152 valence electrons. The van der Waals surface area contributed by atoms with E-state index in [0.29, 0.717) is 36.6 Å². The number of nitrogens with zero attached hydrogens (tertiary/aromatic N) is 4. The molecule has 3 N–H and O–H groups in total. The summed E-state index contributed by atoms with van der Waals surface area (Å²) in [5.74, 6) is 0.259. The van der Waals surface area contributed by atoms with Crippen LogP contribution in [0.25, 0.3) is 5.69 Å². The minimum atomic E-state index is -0.650. The van der Waals surface area contributed by atoms with Crippen molar-refractivity contribution < 1.29 is 14.6 Å². The molecule has 3 aromatic rings. The molecule has 29 heavy (non-hydrogen) atoms. The summed E-state index contributed by atoms with van der Waals surface area (Å²) in [6.07, 6.45) is 2.75. The normalized spacial score (nSPS) is 10.9. The highest BCUT2D eigenvalue weighted by Gasteiger charge is 2.19. The number of aromatic nitrogens is 4. The van der Waals surface area contributed by atoms with Crippen molar-refractivity contribution in [1.82, 2.24) is 19.6 Å². The number of aryl methyl sites for hydroxylation is 1. The van der Waals surface area contributed by atoms with Crippen LogP contribution < -0.4 is 16.0 Å². The molecular weight excluding hydrogens is 374 g/mol. The molecule has 0 bridgehead atoms. The van der Waals surface area contributed by atoms with E-state index < -0.39 is 5.91 Å². The van der Waals surface area contributed by atoms with Crippen LogP contribution in [-0.4, -0.2) is 37.2 Å². The Bertz CT molecular complexity index is 1090. The Kier molecular flexibility index (Phi) is 6.08. The van der Waals surface area contributed by atoms with Gasteiger partial charge in [0.15, 0.2) is 5.75 Å². The summed E-state index contributed by atoms with van der Waals surface area (Å²) in [6.45, 7) is 4.24. The molecular formula is C20H23N5O4. The standard InChI is InChI=1S/C20H23N5O4/c1-3-16-19(17(4-2)24(23-16)8-9-26)29-15-11-13(20(21)28)10-14(12-15)25-18(27)6-5-7-22-25/h5-7,10-12,26H,3-4,8-9H2,1-2H3,(H2,21,28). The number of primary amides is 1. The van der Waals surface area contributed by atoms with Gasteiger partial charge in [0.1, 0.15) is 11.4 Å². The summed E-state index contributed by atoms with van der Waals surface area (Å²) in [7, 11) is 0. The average Bonchev–Trinajstić information content (AvgIpc) is 3.04. The number of ether oxygens (including phenoxy) is 1. The van der Waals surface area contributed by atoms with E-state index in [4.69, 9.17) is 10.5 Å². The number of hydrogen-bond acceptors (Lipinski definition) is 6. The summed E-state index contributed by atoms with van der Waals surface area (Å²) < 4.78 is 9.01. The number of hydrogen-bond donors (Lipinski definition) is 2. The zero-order valence-electron chi connectivity index (χ0n) is 16.3. The van der Waals surface area contributed by atoms with Gasteiger partial charge in [-0.2, -0.15) is 14.9 Å². The molecule has 0 saturated carbocycles. The van der Waals surface area contributed by atoms with Crippen molar-refractivity contribution in [1.29, 1.82) is 0 Å². The topological polar surface area (TPSA) is 125 Å². The zero-order valence-corrected chi connectivity index (χ0v) is 16.3. The highest BCUT2D eigenvalue weighted by Crippen LogP contribution is 2.32. The van der Waals surface area contributed by atoms with Gasteiger partial charge in [-0.1, -0.05) is 13.8 Å². The van der Waals surface area contributed by atoms with Crippen LogP contribution in [0, 0.1) is 0 Å². The lowest BCUT2D eigenvalue weighted by Crippen LogP contribution is -2.20. The summed E-state index contributed by atoms with van der Waals surface area (Å²) >= 11 is 0. The molecule has 2 aromatic heterocycles. The number of benzene rings is 1. The predicted molar refractivity (Wildman–Crippen MR) is 106 cm³/mol. The lowest BCUT2D eigenvalue weighted by Gasteiger charge is -2.12. The molecule has 0 aliphatic heterocycles. The van der Waals surface area contributed by atoms with Crippen molar-refractivity contribution >= 4 is 5.91 Å². The number of nitrogens with two attached hydrogens (primary N) is 1. The zero-order chi connectivity index (χ0) is 21.0. The average molecular weight is 397 g/mol. The maximum atomic E-state index is 12.2. The Morgan fingerprint density at radius 1 is 1.24 bits per heavy atom. The van der Waals surface area contributed by atoms with Gasteiger partial charge in [-0.15, -0.1) is 0 Å². The highest BCUT2D eigenvalue weighted by atomic mass is 16.5. The van der Waals surface area contributed by atoms with Gasteiger partial charge in [-0.05, 0) is 31.0 Å². The number of amides is 1. The number of aliphatic hydroxyl groups is 1. The number of rotatable bonds is 8. The lowest BCUT2D eigenvalue weighted by atomic mass is 10.1. The van der Waals surface area contributed by atoms with Crippen LogP contribution in [0.2, 0.25) is 0 Å². The minimum Gasteiger partial charge on any atom is -0.453 e. The molecule has 0 radical (unpaired) electrons. The summed E-state index contributed by atoms with van der Waals surface area (Å²) in [5, 5.41) is 17.9. The first kappa shape index (κ1) is 20.3. The first-order valence-electron chi connectivity index (χ1n) is 9.35. The molecule has 1 aromatic carbocycles. The molecule has 3 rings (SSSR count). The smallest absolute Gasteiger partial charge is 0.271 e. The fraction of sp³-hybridized carbons (Fsp3) is 0.300. The first-order chi connectivity index (χ1) is 14.0. The van der Waals surface area contributed by atoms with Crippen LogP contribution in [-0.2, 0) is 19.4 Å². The van der Waals surface area contributed by atoms with Crippen LogP contribution in [0.1, 0.15) is 35.6 Å². The van der Waals surface area contributed by atoms with E-state index in [-0.39, 0.29) is 17.7 Å². The largest absolute Gasteiger partial charge is 0.453 e. The second-order valence-corrected chi connectivity index (χ2v) is 6.33. The maximum Gasteiger partial charge on any atom is 0.271 e. The molecule has 1 amide bonds. The molecule has 0 unspecified atom stereocenters. The van der Waals surface area contributed by atoms with Crippen molar-refractivity contribution in [2.45, 2.75) is 33.2 Å². The summed E-state index contributed by atoms with van der Waals surface area (Å²) in [4.78, 5) is 24.0. The van der Waals surface area contributed by atoms with Crippen LogP contribution in [0.5, 0.6) is 11.5 Å². The molecule has 9 nitrogen and oxygen atoms in total. The van der Waals surface area contributed by atoms with Crippen molar-refractivity contribution in [3.63, 3.8) is 0 Å².